The van der Waals surface area contributed by atoms with E-state index in [-0.39, 0.29) is 0 Å². The molecule has 0 saturated heterocycles. The van der Waals surface area contributed by atoms with Crippen molar-refractivity contribution in [2.45, 2.75) is 23.0 Å². The zero-order valence-electron chi connectivity index (χ0n) is 8.10. The quantitative estimate of drug-likeness (QED) is 0.658. The Hall–Kier alpha value is -0.690. The van der Waals surface area contributed by atoms with Crippen LogP contribution in [0.25, 0.3) is 0 Å². The fraction of sp³-hybridized carbons (Fsp3) is 0.385. The van der Waals surface area contributed by atoms with Gasteiger partial charge in [0.2, 0.25) is 0 Å². The lowest BCUT2D eigenvalue weighted by Crippen LogP contribution is -2.08. The SMILES string of the molecule is C1=C[C@@H]2C[C@H]1C[C@@H]2Sc1ccccc1. The third kappa shape index (κ3) is 1.50. The van der Waals surface area contributed by atoms with Gasteiger partial charge in [-0.3, -0.25) is 0 Å². The van der Waals surface area contributed by atoms with Crippen LogP contribution in [-0.2, 0) is 0 Å². The molecule has 1 heteroatoms. The van der Waals surface area contributed by atoms with E-state index in [1.54, 1.807) is 0 Å². The van der Waals surface area contributed by atoms with E-state index in [0.717, 1.165) is 17.1 Å². The van der Waals surface area contributed by atoms with Crippen LogP contribution in [0.5, 0.6) is 0 Å². The fourth-order valence-electron chi connectivity index (χ4n) is 2.54. The molecule has 0 N–H and O–H groups in total. The minimum absolute atomic E-state index is 0.840. The smallest absolute Gasteiger partial charge is 0.0163 e. The first kappa shape index (κ1) is 8.60. The van der Waals surface area contributed by atoms with Crippen LogP contribution >= 0.6 is 11.8 Å². The molecule has 1 aromatic carbocycles. The van der Waals surface area contributed by atoms with Crippen molar-refractivity contribution in [2.24, 2.45) is 11.8 Å². The van der Waals surface area contributed by atoms with Crippen molar-refractivity contribution in [2.75, 3.05) is 0 Å². The summed E-state index contributed by atoms with van der Waals surface area (Å²) in [4.78, 5) is 1.43. The van der Waals surface area contributed by atoms with Crippen LogP contribution in [0.3, 0.4) is 0 Å². The van der Waals surface area contributed by atoms with E-state index in [1.165, 1.54) is 17.7 Å². The van der Waals surface area contributed by atoms with E-state index in [0.29, 0.717) is 0 Å². The van der Waals surface area contributed by atoms with Crippen LogP contribution in [0.2, 0.25) is 0 Å². The molecule has 2 bridgehead atoms. The predicted octanol–water partition coefficient (Wildman–Crippen LogP) is 3.74. The van der Waals surface area contributed by atoms with Gasteiger partial charge in [0, 0.05) is 10.1 Å². The second-order valence-electron chi connectivity index (χ2n) is 4.25. The molecule has 1 fully saturated rings. The number of thioether (sulfide) groups is 1. The van der Waals surface area contributed by atoms with Gasteiger partial charge in [-0.25, -0.2) is 0 Å². The Labute approximate surface area is 89.4 Å². The molecule has 1 saturated carbocycles. The molecule has 0 nitrogen and oxygen atoms in total. The van der Waals surface area contributed by atoms with Crippen LogP contribution < -0.4 is 0 Å². The van der Waals surface area contributed by atoms with E-state index in [4.69, 9.17) is 0 Å². The molecule has 2 aliphatic carbocycles. The van der Waals surface area contributed by atoms with Crippen LogP contribution in [-0.4, -0.2) is 5.25 Å². The first-order valence-corrected chi connectivity index (χ1v) is 6.20. The first-order valence-electron chi connectivity index (χ1n) is 5.32. The minimum Gasteiger partial charge on any atom is -0.122 e. The van der Waals surface area contributed by atoms with Gasteiger partial charge in [0.15, 0.2) is 0 Å². The van der Waals surface area contributed by atoms with Gasteiger partial charge in [-0.15, -0.1) is 11.8 Å². The summed E-state index contributed by atoms with van der Waals surface area (Å²) in [6.07, 6.45) is 7.63. The molecular formula is C13H14S. The maximum absolute atomic E-state index is 2.43. The second-order valence-corrected chi connectivity index (χ2v) is 5.56. The monoisotopic (exact) mass is 202 g/mol. The third-order valence-corrected chi connectivity index (χ3v) is 4.64. The topological polar surface area (TPSA) is 0 Å². The van der Waals surface area contributed by atoms with Crippen LogP contribution in [0.15, 0.2) is 47.4 Å². The summed E-state index contributed by atoms with van der Waals surface area (Å²) >= 11 is 2.06. The molecule has 0 spiro atoms. The summed E-state index contributed by atoms with van der Waals surface area (Å²) in [5.41, 5.74) is 0. The highest BCUT2D eigenvalue weighted by Crippen LogP contribution is 2.46. The maximum Gasteiger partial charge on any atom is 0.0163 e. The molecule has 14 heavy (non-hydrogen) atoms. The van der Waals surface area contributed by atoms with E-state index in [1.807, 2.05) is 0 Å². The van der Waals surface area contributed by atoms with E-state index in [9.17, 15) is 0 Å². The predicted molar refractivity (Wildman–Crippen MR) is 61.4 cm³/mol. The zero-order valence-corrected chi connectivity index (χ0v) is 8.91. The lowest BCUT2D eigenvalue weighted by atomic mass is 10.1. The Morgan fingerprint density at radius 3 is 2.50 bits per heavy atom. The molecular weight excluding hydrogens is 188 g/mol. The Kier molecular flexibility index (Phi) is 2.13. The van der Waals surface area contributed by atoms with Gasteiger partial charge in [0.05, 0.1) is 0 Å². The maximum atomic E-state index is 2.43. The van der Waals surface area contributed by atoms with Crippen LogP contribution in [0, 0.1) is 11.8 Å². The van der Waals surface area contributed by atoms with E-state index < -0.39 is 0 Å². The fourth-order valence-corrected chi connectivity index (χ4v) is 3.92. The van der Waals surface area contributed by atoms with Gasteiger partial charge in [-0.2, -0.15) is 0 Å². The normalized spacial score (nSPS) is 33.9. The highest BCUT2D eigenvalue weighted by atomic mass is 32.2. The summed E-state index contributed by atoms with van der Waals surface area (Å²) in [7, 11) is 0. The van der Waals surface area contributed by atoms with Gasteiger partial charge in [0.1, 0.15) is 0 Å². The second kappa shape index (κ2) is 3.47. The molecule has 0 unspecified atom stereocenters. The number of rotatable bonds is 2. The molecule has 0 amide bonds. The zero-order chi connectivity index (χ0) is 9.38. The molecule has 3 rings (SSSR count). The van der Waals surface area contributed by atoms with Crippen molar-refractivity contribution in [3.05, 3.63) is 42.5 Å². The van der Waals surface area contributed by atoms with Gasteiger partial charge in [-0.05, 0) is 36.8 Å². The molecule has 72 valence electrons. The van der Waals surface area contributed by atoms with Crippen molar-refractivity contribution in [1.82, 2.24) is 0 Å². The Morgan fingerprint density at radius 1 is 1.00 bits per heavy atom. The van der Waals surface area contributed by atoms with Gasteiger partial charge >= 0.3 is 0 Å². The summed E-state index contributed by atoms with van der Waals surface area (Å²) < 4.78 is 0. The number of allylic oxidation sites excluding steroid dienone is 2. The van der Waals surface area contributed by atoms with Crippen molar-refractivity contribution in [3.8, 4) is 0 Å². The Morgan fingerprint density at radius 2 is 1.86 bits per heavy atom. The largest absolute Gasteiger partial charge is 0.122 e. The van der Waals surface area contributed by atoms with Gasteiger partial charge in [0.25, 0.3) is 0 Å². The average molecular weight is 202 g/mol. The van der Waals surface area contributed by atoms with Crippen molar-refractivity contribution < 1.29 is 0 Å². The molecule has 0 radical (unpaired) electrons. The van der Waals surface area contributed by atoms with Crippen molar-refractivity contribution in [1.29, 1.82) is 0 Å². The van der Waals surface area contributed by atoms with Gasteiger partial charge in [-0.1, -0.05) is 30.4 Å². The lowest BCUT2D eigenvalue weighted by Gasteiger charge is -2.17. The highest BCUT2D eigenvalue weighted by molar-refractivity contribution is 8.00. The molecule has 0 aromatic heterocycles. The highest BCUT2D eigenvalue weighted by Gasteiger charge is 2.35. The number of fused-ring (bicyclic) bond motifs is 2. The number of benzene rings is 1. The van der Waals surface area contributed by atoms with Crippen LogP contribution in [0.4, 0.5) is 0 Å². The summed E-state index contributed by atoms with van der Waals surface area (Å²) in [5.74, 6) is 1.74. The summed E-state index contributed by atoms with van der Waals surface area (Å²) in [6.45, 7) is 0. The molecule has 2 aliphatic rings. The molecule has 0 aliphatic heterocycles. The summed E-state index contributed by atoms with van der Waals surface area (Å²) in [6, 6.07) is 10.8. The van der Waals surface area contributed by atoms with E-state index in [2.05, 4.69) is 54.2 Å². The van der Waals surface area contributed by atoms with Crippen molar-refractivity contribution in [3.63, 3.8) is 0 Å². The van der Waals surface area contributed by atoms with E-state index >= 15 is 0 Å². The molecule has 1 aromatic rings. The first-order chi connectivity index (χ1) is 6.92. The lowest BCUT2D eigenvalue weighted by molar-refractivity contribution is 0.692. The average Bonchev–Trinajstić information content (AvgIpc) is 2.81. The summed E-state index contributed by atoms with van der Waals surface area (Å²) in [5, 5.41) is 0.840. The number of hydrogen-bond acceptors (Lipinski definition) is 1. The van der Waals surface area contributed by atoms with Gasteiger partial charge < -0.3 is 0 Å². The minimum atomic E-state index is 0.840. The number of hydrogen-bond donors (Lipinski definition) is 0. The third-order valence-electron chi connectivity index (χ3n) is 3.25. The Bertz CT molecular complexity index is 342. The Balaban J connectivity index is 1.72. The molecule has 3 atom stereocenters. The van der Waals surface area contributed by atoms with Crippen molar-refractivity contribution >= 4 is 11.8 Å². The standard InChI is InChI=1S/C13H14S/c1-2-4-12(5-3-1)14-13-9-10-6-7-11(13)8-10/h1-7,10-11,13H,8-9H2/t10-,11+,13-/m0/s1. The molecule has 0 heterocycles. The van der Waals surface area contributed by atoms with Crippen LogP contribution in [0.1, 0.15) is 12.8 Å².